The minimum atomic E-state index is 0.576. The van der Waals surface area contributed by atoms with Crippen LogP contribution in [-0.2, 0) is 0 Å². The molecule has 0 aromatic carbocycles. The maximum atomic E-state index is 5.39. The number of piperidine rings is 1. The van der Waals surface area contributed by atoms with Crippen LogP contribution >= 0.6 is 0 Å². The van der Waals surface area contributed by atoms with Gasteiger partial charge in [-0.15, -0.1) is 0 Å². The maximum absolute atomic E-state index is 5.39. The SMILES string of the molecule is Cc1noc(-c2cccnc2N2C[C@@H]3CN4CCCC[C@H]4[C@H]3C2)n1. The van der Waals surface area contributed by atoms with Crippen LogP contribution in [-0.4, -0.2) is 52.2 Å². The third-order valence-electron chi connectivity index (χ3n) is 5.96. The molecule has 2 aromatic heterocycles. The quantitative estimate of drug-likeness (QED) is 0.845. The maximum Gasteiger partial charge on any atom is 0.261 e. The molecule has 3 aliphatic heterocycles. The van der Waals surface area contributed by atoms with E-state index in [0.29, 0.717) is 11.7 Å². The summed E-state index contributed by atoms with van der Waals surface area (Å²) in [6, 6.07) is 4.76. The van der Waals surface area contributed by atoms with Crippen molar-refractivity contribution >= 4 is 5.82 Å². The summed E-state index contributed by atoms with van der Waals surface area (Å²) in [4.78, 5) is 14.2. The van der Waals surface area contributed by atoms with Crippen molar-refractivity contribution in [3.8, 4) is 11.5 Å². The summed E-state index contributed by atoms with van der Waals surface area (Å²) in [6.07, 6.45) is 6.00. The van der Waals surface area contributed by atoms with E-state index in [2.05, 4.69) is 24.9 Å². The van der Waals surface area contributed by atoms with E-state index in [9.17, 15) is 0 Å². The second-order valence-electron chi connectivity index (χ2n) is 7.41. The van der Waals surface area contributed by atoms with E-state index in [0.717, 1.165) is 42.3 Å². The van der Waals surface area contributed by atoms with Crippen molar-refractivity contribution in [3.05, 3.63) is 24.2 Å². The lowest BCUT2D eigenvalue weighted by atomic mass is 9.90. The first-order valence-corrected chi connectivity index (χ1v) is 9.04. The number of anilines is 1. The normalized spacial score (nSPS) is 29.7. The van der Waals surface area contributed by atoms with Crippen LogP contribution < -0.4 is 4.90 Å². The van der Waals surface area contributed by atoms with Gasteiger partial charge >= 0.3 is 0 Å². The molecule has 0 bridgehead atoms. The second-order valence-corrected chi connectivity index (χ2v) is 7.41. The Morgan fingerprint density at radius 2 is 2.17 bits per heavy atom. The summed E-state index contributed by atoms with van der Waals surface area (Å²) in [6.45, 7) is 6.60. The highest BCUT2D eigenvalue weighted by molar-refractivity contribution is 5.70. The zero-order valence-corrected chi connectivity index (χ0v) is 14.1. The molecule has 5 heterocycles. The van der Waals surface area contributed by atoms with E-state index in [1.54, 1.807) is 0 Å². The minimum absolute atomic E-state index is 0.576. The van der Waals surface area contributed by atoms with Crippen molar-refractivity contribution in [2.45, 2.75) is 32.2 Å². The van der Waals surface area contributed by atoms with Crippen LogP contribution in [0.2, 0.25) is 0 Å². The van der Waals surface area contributed by atoms with Crippen LogP contribution in [0.25, 0.3) is 11.5 Å². The molecule has 3 aliphatic rings. The summed E-state index contributed by atoms with van der Waals surface area (Å²) >= 11 is 0. The fourth-order valence-corrected chi connectivity index (χ4v) is 4.95. The molecule has 0 aliphatic carbocycles. The van der Waals surface area contributed by atoms with Crippen molar-refractivity contribution in [1.29, 1.82) is 0 Å². The Balaban J connectivity index is 1.43. The van der Waals surface area contributed by atoms with Crippen LogP contribution in [0.3, 0.4) is 0 Å². The average molecular weight is 325 g/mol. The lowest BCUT2D eigenvalue weighted by molar-refractivity contribution is 0.173. The van der Waals surface area contributed by atoms with Gasteiger partial charge in [0.1, 0.15) is 5.82 Å². The third-order valence-corrected chi connectivity index (χ3v) is 5.96. The molecule has 3 atom stereocenters. The molecule has 3 saturated heterocycles. The number of nitrogens with zero attached hydrogens (tertiary/aromatic N) is 5. The fourth-order valence-electron chi connectivity index (χ4n) is 4.95. The lowest BCUT2D eigenvalue weighted by Crippen LogP contribution is -2.40. The first-order chi connectivity index (χ1) is 11.8. The summed E-state index contributed by atoms with van der Waals surface area (Å²) in [5.41, 5.74) is 0.957. The molecule has 126 valence electrons. The summed E-state index contributed by atoms with van der Waals surface area (Å²) < 4.78 is 5.39. The molecular formula is C18H23N5O. The van der Waals surface area contributed by atoms with E-state index >= 15 is 0 Å². The van der Waals surface area contributed by atoms with Gasteiger partial charge in [-0.1, -0.05) is 11.6 Å². The highest BCUT2D eigenvalue weighted by atomic mass is 16.5. The Morgan fingerprint density at radius 1 is 1.21 bits per heavy atom. The number of rotatable bonds is 2. The van der Waals surface area contributed by atoms with Crippen LogP contribution in [0.4, 0.5) is 5.82 Å². The smallest absolute Gasteiger partial charge is 0.261 e. The highest BCUT2D eigenvalue weighted by Gasteiger charge is 2.47. The fraction of sp³-hybridized carbons (Fsp3) is 0.611. The first-order valence-electron chi connectivity index (χ1n) is 9.04. The first kappa shape index (κ1) is 14.4. The molecule has 6 nitrogen and oxygen atoms in total. The predicted octanol–water partition coefficient (Wildman–Crippen LogP) is 2.36. The number of aryl methyl sites for hydroxylation is 1. The zero-order chi connectivity index (χ0) is 16.1. The van der Waals surface area contributed by atoms with Gasteiger partial charge < -0.3 is 9.42 Å². The minimum Gasteiger partial charge on any atom is -0.355 e. The largest absolute Gasteiger partial charge is 0.355 e. The molecule has 3 fully saturated rings. The van der Waals surface area contributed by atoms with Crippen LogP contribution in [0.15, 0.2) is 22.9 Å². The van der Waals surface area contributed by atoms with Crippen LogP contribution in [0.1, 0.15) is 25.1 Å². The molecule has 6 heteroatoms. The Morgan fingerprint density at radius 3 is 3.04 bits per heavy atom. The van der Waals surface area contributed by atoms with Gasteiger partial charge in [-0.25, -0.2) is 4.98 Å². The molecule has 0 amide bonds. The standard InChI is InChI=1S/C18H23N5O/c1-12-20-18(24-21-12)14-5-4-7-19-17(14)23-10-13-9-22-8-3-2-6-16(22)15(13)11-23/h4-5,7,13,15-16H,2-3,6,8-11H2,1H3/t13-,15-,16-/m0/s1. The summed E-state index contributed by atoms with van der Waals surface area (Å²) in [5.74, 6) is 3.79. The van der Waals surface area contributed by atoms with Crippen molar-refractivity contribution in [2.75, 3.05) is 31.1 Å². The van der Waals surface area contributed by atoms with Crippen molar-refractivity contribution < 1.29 is 4.52 Å². The van der Waals surface area contributed by atoms with E-state index < -0.39 is 0 Å². The van der Waals surface area contributed by atoms with Gasteiger partial charge in [0.2, 0.25) is 0 Å². The summed E-state index contributed by atoms with van der Waals surface area (Å²) in [5, 5.41) is 3.93. The predicted molar refractivity (Wildman–Crippen MR) is 90.7 cm³/mol. The molecule has 0 spiro atoms. The monoisotopic (exact) mass is 325 g/mol. The molecule has 0 N–H and O–H groups in total. The van der Waals surface area contributed by atoms with Gasteiger partial charge in [0, 0.05) is 31.9 Å². The Kier molecular flexibility index (Phi) is 3.33. The summed E-state index contributed by atoms with van der Waals surface area (Å²) in [7, 11) is 0. The molecular weight excluding hydrogens is 302 g/mol. The number of pyridine rings is 1. The van der Waals surface area contributed by atoms with Gasteiger partial charge in [0.25, 0.3) is 5.89 Å². The van der Waals surface area contributed by atoms with Crippen LogP contribution in [0, 0.1) is 18.8 Å². The average Bonchev–Trinajstić information content (AvgIpc) is 3.29. The van der Waals surface area contributed by atoms with E-state index in [1.807, 2.05) is 25.3 Å². The van der Waals surface area contributed by atoms with Gasteiger partial charge in [0.05, 0.1) is 5.56 Å². The molecule has 0 saturated carbocycles. The molecule has 0 radical (unpaired) electrons. The van der Waals surface area contributed by atoms with Crippen molar-refractivity contribution in [3.63, 3.8) is 0 Å². The van der Waals surface area contributed by atoms with Gasteiger partial charge in [-0.05, 0) is 50.3 Å². The van der Waals surface area contributed by atoms with E-state index in [-0.39, 0.29) is 0 Å². The number of aromatic nitrogens is 3. The van der Waals surface area contributed by atoms with Gasteiger partial charge in [-0.3, -0.25) is 4.90 Å². The van der Waals surface area contributed by atoms with Crippen molar-refractivity contribution in [1.82, 2.24) is 20.0 Å². The van der Waals surface area contributed by atoms with Gasteiger partial charge in [0.15, 0.2) is 5.82 Å². The Hall–Kier alpha value is -1.95. The molecule has 5 rings (SSSR count). The van der Waals surface area contributed by atoms with E-state index in [4.69, 9.17) is 4.52 Å². The Labute approximate surface area is 141 Å². The lowest BCUT2D eigenvalue weighted by Gasteiger charge is -2.33. The second kappa shape index (κ2) is 5.55. The number of hydrogen-bond donors (Lipinski definition) is 0. The van der Waals surface area contributed by atoms with Crippen molar-refractivity contribution in [2.24, 2.45) is 11.8 Å². The Bertz CT molecular complexity index is 745. The molecule has 0 unspecified atom stereocenters. The van der Waals surface area contributed by atoms with Crippen LogP contribution in [0.5, 0.6) is 0 Å². The third kappa shape index (κ3) is 2.24. The van der Waals surface area contributed by atoms with E-state index in [1.165, 1.54) is 32.4 Å². The van der Waals surface area contributed by atoms with Gasteiger partial charge in [-0.2, -0.15) is 4.98 Å². The zero-order valence-electron chi connectivity index (χ0n) is 14.1. The topological polar surface area (TPSA) is 58.3 Å². The number of hydrogen-bond acceptors (Lipinski definition) is 6. The highest BCUT2D eigenvalue weighted by Crippen LogP contribution is 2.42. The number of fused-ring (bicyclic) bond motifs is 3. The molecule has 24 heavy (non-hydrogen) atoms. The molecule has 2 aromatic rings.